The Morgan fingerprint density at radius 1 is 1.26 bits per heavy atom. The van der Waals surface area contributed by atoms with E-state index in [4.69, 9.17) is 0 Å². The zero-order valence-electron chi connectivity index (χ0n) is 12.8. The van der Waals surface area contributed by atoms with E-state index in [9.17, 15) is 23.1 Å². The fraction of sp³-hybridized carbons (Fsp3) is 0.562. The van der Waals surface area contributed by atoms with Crippen LogP contribution in [0.25, 0.3) is 0 Å². The number of aromatic hydroxyl groups is 1. The average Bonchev–Trinajstić information content (AvgIpc) is 3.00. The highest BCUT2D eigenvalue weighted by molar-refractivity contribution is 5.78. The standard InChI is InChI=1S/C16H21F3N2O2/c17-16(18,19)11-20-15(23)10-21(13-6-2-3-7-13)9-12-5-1-4-8-14(12)22/h1,4-5,8,13,22H,2-3,6-7,9-11H2,(H,20,23). The van der Waals surface area contributed by atoms with Gasteiger partial charge in [-0.15, -0.1) is 0 Å². The van der Waals surface area contributed by atoms with Crippen LogP contribution in [0.5, 0.6) is 5.75 Å². The van der Waals surface area contributed by atoms with Crippen LogP contribution in [0.15, 0.2) is 24.3 Å². The fourth-order valence-corrected chi connectivity index (χ4v) is 2.89. The Balaban J connectivity index is 2.00. The molecule has 0 radical (unpaired) electrons. The largest absolute Gasteiger partial charge is 0.508 e. The monoisotopic (exact) mass is 330 g/mol. The van der Waals surface area contributed by atoms with Crippen LogP contribution in [-0.4, -0.2) is 41.2 Å². The molecule has 0 bridgehead atoms. The number of phenolic OH excluding ortho intramolecular Hbond substituents is 1. The molecule has 2 rings (SSSR count). The quantitative estimate of drug-likeness (QED) is 0.843. The van der Waals surface area contributed by atoms with Crippen molar-refractivity contribution in [2.24, 2.45) is 0 Å². The maximum absolute atomic E-state index is 12.2. The van der Waals surface area contributed by atoms with E-state index in [0.29, 0.717) is 12.1 Å². The van der Waals surface area contributed by atoms with Crippen LogP contribution in [-0.2, 0) is 11.3 Å². The second-order valence-corrected chi connectivity index (χ2v) is 5.86. The third-order valence-corrected chi connectivity index (χ3v) is 4.04. The second kappa shape index (κ2) is 7.68. The molecule has 1 aromatic rings. The highest BCUT2D eigenvalue weighted by Gasteiger charge is 2.29. The molecule has 1 saturated carbocycles. The molecule has 0 unspecified atom stereocenters. The SMILES string of the molecule is O=C(CN(Cc1ccccc1O)C1CCCC1)NCC(F)(F)F. The van der Waals surface area contributed by atoms with Gasteiger partial charge in [-0.1, -0.05) is 31.0 Å². The molecule has 0 heterocycles. The highest BCUT2D eigenvalue weighted by Crippen LogP contribution is 2.26. The summed E-state index contributed by atoms with van der Waals surface area (Å²) in [6.07, 6.45) is -0.482. The van der Waals surface area contributed by atoms with E-state index < -0.39 is 18.6 Å². The van der Waals surface area contributed by atoms with Crippen molar-refractivity contribution < 1.29 is 23.1 Å². The molecule has 1 aromatic carbocycles. The third-order valence-electron chi connectivity index (χ3n) is 4.04. The molecule has 1 aliphatic carbocycles. The molecule has 0 saturated heterocycles. The van der Waals surface area contributed by atoms with E-state index >= 15 is 0 Å². The summed E-state index contributed by atoms with van der Waals surface area (Å²) in [5, 5.41) is 11.8. The van der Waals surface area contributed by atoms with Gasteiger partial charge in [0.1, 0.15) is 12.3 Å². The van der Waals surface area contributed by atoms with Gasteiger partial charge in [0.05, 0.1) is 6.54 Å². The number of nitrogens with one attached hydrogen (secondary N) is 1. The normalized spacial score (nSPS) is 16.0. The lowest BCUT2D eigenvalue weighted by Gasteiger charge is -2.28. The van der Waals surface area contributed by atoms with Crippen LogP contribution in [0.3, 0.4) is 0 Å². The van der Waals surface area contributed by atoms with Crippen molar-refractivity contribution in [3.63, 3.8) is 0 Å². The molecule has 7 heteroatoms. The minimum Gasteiger partial charge on any atom is -0.508 e. The number of nitrogens with zero attached hydrogens (tertiary/aromatic N) is 1. The predicted octanol–water partition coefficient (Wildman–Crippen LogP) is 2.82. The molecule has 0 atom stereocenters. The lowest BCUT2D eigenvalue weighted by atomic mass is 10.1. The Morgan fingerprint density at radius 2 is 1.91 bits per heavy atom. The summed E-state index contributed by atoms with van der Waals surface area (Å²) in [5.74, 6) is -0.518. The van der Waals surface area contributed by atoms with Gasteiger partial charge in [-0.05, 0) is 18.9 Å². The average molecular weight is 330 g/mol. The van der Waals surface area contributed by atoms with E-state index in [1.807, 2.05) is 10.2 Å². The number of benzene rings is 1. The molecule has 0 aromatic heterocycles. The fourth-order valence-electron chi connectivity index (χ4n) is 2.89. The lowest BCUT2D eigenvalue weighted by molar-refractivity contribution is -0.139. The molecule has 23 heavy (non-hydrogen) atoms. The lowest BCUT2D eigenvalue weighted by Crippen LogP contribution is -2.44. The minimum absolute atomic E-state index is 0.102. The van der Waals surface area contributed by atoms with Gasteiger partial charge in [0.15, 0.2) is 0 Å². The summed E-state index contributed by atoms with van der Waals surface area (Å²) >= 11 is 0. The predicted molar refractivity (Wildman–Crippen MR) is 79.8 cm³/mol. The number of alkyl halides is 3. The van der Waals surface area contributed by atoms with Crippen molar-refractivity contribution in [3.05, 3.63) is 29.8 Å². The molecule has 4 nitrogen and oxygen atoms in total. The van der Waals surface area contributed by atoms with Crippen molar-refractivity contribution in [3.8, 4) is 5.75 Å². The van der Waals surface area contributed by atoms with Gasteiger partial charge in [-0.25, -0.2) is 0 Å². The van der Waals surface area contributed by atoms with E-state index in [1.54, 1.807) is 24.3 Å². The number of phenols is 1. The van der Waals surface area contributed by atoms with E-state index in [1.165, 1.54) is 0 Å². The van der Waals surface area contributed by atoms with Crippen LogP contribution < -0.4 is 5.32 Å². The van der Waals surface area contributed by atoms with Gasteiger partial charge in [-0.2, -0.15) is 13.2 Å². The molecule has 2 N–H and O–H groups in total. The number of halogens is 3. The van der Waals surface area contributed by atoms with Gasteiger partial charge in [0, 0.05) is 18.2 Å². The number of carbonyl (C=O) groups is 1. The molecule has 0 aliphatic heterocycles. The first-order chi connectivity index (χ1) is 10.8. The van der Waals surface area contributed by atoms with Crippen LogP contribution in [0, 0.1) is 0 Å². The number of amides is 1. The van der Waals surface area contributed by atoms with Crippen LogP contribution in [0.1, 0.15) is 31.2 Å². The number of para-hydroxylation sites is 1. The Kier molecular flexibility index (Phi) is 5.87. The summed E-state index contributed by atoms with van der Waals surface area (Å²) in [4.78, 5) is 13.7. The van der Waals surface area contributed by atoms with Gasteiger partial charge in [0.2, 0.25) is 5.91 Å². The number of hydrogen-bond donors (Lipinski definition) is 2. The minimum atomic E-state index is -4.41. The number of carbonyl (C=O) groups excluding carboxylic acids is 1. The maximum Gasteiger partial charge on any atom is 0.405 e. The van der Waals surface area contributed by atoms with Crippen molar-refractivity contribution in [2.75, 3.05) is 13.1 Å². The van der Waals surface area contributed by atoms with Crippen LogP contribution in [0.2, 0.25) is 0 Å². The zero-order chi connectivity index (χ0) is 16.9. The van der Waals surface area contributed by atoms with Crippen molar-refractivity contribution >= 4 is 5.91 Å². The molecule has 1 amide bonds. The molecular formula is C16H21F3N2O2. The Morgan fingerprint density at radius 3 is 2.52 bits per heavy atom. The number of rotatable bonds is 6. The van der Waals surface area contributed by atoms with E-state index in [-0.39, 0.29) is 18.3 Å². The molecule has 0 spiro atoms. The van der Waals surface area contributed by atoms with E-state index in [0.717, 1.165) is 25.7 Å². The smallest absolute Gasteiger partial charge is 0.405 e. The molecule has 1 fully saturated rings. The Labute approximate surface area is 133 Å². The first-order valence-electron chi connectivity index (χ1n) is 7.69. The summed E-state index contributed by atoms with van der Waals surface area (Å²) in [6, 6.07) is 6.96. The molecule has 1 aliphatic rings. The van der Waals surface area contributed by atoms with Crippen molar-refractivity contribution in [2.45, 2.75) is 44.4 Å². The van der Waals surface area contributed by atoms with Crippen LogP contribution >= 0.6 is 0 Å². The zero-order valence-corrected chi connectivity index (χ0v) is 12.8. The summed E-state index contributed by atoms with van der Waals surface area (Å²) in [6.45, 7) is -1.08. The first-order valence-corrected chi connectivity index (χ1v) is 7.69. The second-order valence-electron chi connectivity index (χ2n) is 5.86. The van der Waals surface area contributed by atoms with Gasteiger partial charge < -0.3 is 10.4 Å². The van der Waals surface area contributed by atoms with Gasteiger partial charge in [-0.3, -0.25) is 9.69 Å². The highest BCUT2D eigenvalue weighted by atomic mass is 19.4. The summed E-state index contributed by atoms with van der Waals surface area (Å²) < 4.78 is 36.6. The van der Waals surface area contributed by atoms with Gasteiger partial charge in [0.25, 0.3) is 0 Å². The Bertz CT molecular complexity index is 528. The van der Waals surface area contributed by atoms with Crippen molar-refractivity contribution in [1.29, 1.82) is 0 Å². The topological polar surface area (TPSA) is 52.6 Å². The maximum atomic E-state index is 12.2. The third kappa shape index (κ3) is 5.74. The number of hydrogen-bond acceptors (Lipinski definition) is 3. The Hall–Kier alpha value is -1.76. The summed E-state index contributed by atoms with van der Waals surface area (Å²) in [7, 11) is 0. The molecular weight excluding hydrogens is 309 g/mol. The van der Waals surface area contributed by atoms with Gasteiger partial charge >= 0.3 is 6.18 Å². The van der Waals surface area contributed by atoms with E-state index in [2.05, 4.69) is 0 Å². The first kappa shape index (κ1) is 17.6. The van der Waals surface area contributed by atoms with Crippen molar-refractivity contribution in [1.82, 2.24) is 10.2 Å². The summed E-state index contributed by atoms with van der Waals surface area (Å²) in [5.41, 5.74) is 0.669. The van der Waals surface area contributed by atoms with Crippen LogP contribution in [0.4, 0.5) is 13.2 Å². The molecule has 128 valence electrons.